The van der Waals surface area contributed by atoms with Crippen molar-refractivity contribution in [1.82, 2.24) is 4.98 Å². The highest BCUT2D eigenvalue weighted by Gasteiger charge is 2.19. The molecule has 2 rings (SSSR count). The van der Waals surface area contributed by atoms with E-state index in [9.17, 15) is 4.79 Å². The van der Waals surface area contributed by atoms with Gasteiger partial charge in [-0.25, -0.2) is 0 Å². The van der Waals surface area contributed by atoms with E-state index >= 15 is 0 Å². The molecule has 1 atom stereocenters. The van der Waals surface area contributed by atoms with Crippen LogP contribution in [0.3, 0.4) is 0 Å². The SMILES string of the molecule is CN(C(=O)CCC1CCCO1)c1ccncc1N. The van der Waals surface area contributed by atoms with Crippen LogP contribution in [0.2, 0.25) is 0 Å². The van der Waals surface area contributed by atoms with Crippen LogP contribution in [0.4, 0.5) is 11.4 Å². The molecule has 0 radical (unpaired) electrons. The molecule has 2 heterocycles. The maximum atomic E-state index is 12.0. The number of anilines is 2. The van der Waals surface area contributed by atoms with Crippen LogP contribution in [-0.4, -0.2) is 30.6 Å². The second-order valence-electron chi connectivity index (χ2n) is 4.56. The molecular formula is C13H19N3O2. The van der Waals surface area contributed by atoms with Crippen LogP contribution in [0.1, 0.15) is 25.7 Å². The van der Waals surface area contributed by atoms with Gasteiger partial charge in [0.05, 0.1) is 23.7 Å². The summed E-state index contributed by atoms with van der Waals surface area (Å²) in [5, 5.41) is 0. The summed E-state index contributed by atoms with van der Waals surface area (Å²) in [5.74, 6) is 0.0587. The molecule has 1 saturated heterocycles. The number of hydrogen-bond donors (Lipinski definition) is 1. The van der Waals surface area contributed by atoms with Gasteiger partial charge in [-0.15, -0.1) is 0 Å². The second-order valence-corrected chi connectivity index (χ2v) is 4.56. The molecule has 1 aromatic rings. The highest BCUT2D eigenvalue weighted by atomic mass is 16.5. The third-order valence-electron chi connectivity index (χ3n) is 3.27. The zero-order chi connectivity index (χ0) is 13.0. The molecule has 1 unspecified atom stereocenters. The Morgan fingerprint density at radius 2 is 2.50 bits per heavy atom. The lowest BCUT2D eigenvalue weighted by Gasteiger charge is -2.19. The quantitative estimate of drug-likeness (QED) is 0.879. The summed E-state index contributed by atoms with van der Waals surface area (Å²) in [6.45, 7) is 0.825. The molecule has 0 spiro atoms. The summed E-state index contributed by atoms with van der Waals surface area (Å²) in [6.07, 6.45) is 6.88. The van der Waals surface area contributed by atoms with E-state index in [0.29, 0.717) is 17.8 Å². The number of nitrogens with two attached hydrogens (primary N) is 1. The average Bonchev–Trinajstić information content (AvgIpc) is 2.89. The molecule has 1 aliphatic heterocycles. The second kappa shape index (κ2) is 5.82. The van der Waals surface area contributed by atoms with E-state index in [1.165, 1.54) is 0 Å². The van der Waals surface area contributed by atoms with Gasteiger partial charge in [-0.3, -0.25) is 9.78 Å². The van der Waals surface area contributed by atoms with Crippen LogP contribution < -0.4 is 10.6 Å². The van der Waals surface area contributed by atoms with Crippen LogP contribution in [0.5, 0.6) is 0 Å². The molecule has 5 nitrogen and oxygen atoms in total. The fraction of sp³-hybridized carbons (Fsp3) is 0.538. The Kier molecular flexibility index (Phi) is 4.15. The van der Waals surface area contributed by atoms with Gasteiger partial charge in [0.2, 0.25) is 5.91 Å². The van der Waals surface area contributed by atoms with Gasteiger partial charge >= 0.3 is 0 Å². The first kappa shape index (κ1) is 12.8. The van der Waals surface area contributed by atoms with E-state index in [2.05, 4.69) is 4.98 Å². The Morgan fingerprint density at radius 1 is 1.67 bits per heavy atom. The van der Waals surface area contributed by atoms with Crippen LogP contribution in [-0.2, 0) is 9.53 Å². The van der Waals surface area contributed by atoms with Crippen LogP contribution >= 0.6 is 0 Å². The largest absolute Gasteiger partial charge is 0.396 e. The van der Waals surface area contributed by atoms with Crippen molar-refractivity contribution >= 4 is 17.3 Å². The highest BCUT2D eigenvalue weighted by molar-refractivity contribution is 5.95. The van der Waals surface area contributed by atoms with E-state index in [4.69, 9.17) is 10.5 Å². The molecule has 18 heavy (non-hydrogen) atoms. The molecule has 1 amide bonds. The normalized spacial score (nSPS) is 18.8. The third-order valence-corrected chi connectivity index (χ3v) is 3.27. The topological polar surface area (TPSA) is 68.5 Å². The minimum Gasteiger partial charge on any atom is -0.396 e. The van der Waals surface area contributed by atoms with Crippen molar-refractivity contribution in [3.05, 3.63) is 18.5 Å². The van der Waals surface area contributed by atoms with Crippen molar-refractivity contribution in [2.45, 2.75) is 31.8 Å². The molecule has 0 aliphatic carbocycles. The fourth-order valence-electron chi connectivity index (χ4n) is 2.16. The van der Waals surface area contributed by atoms with Crippen molar-refractivity contribution < 1.29 is 9.53 Å². The lowest BCUT2D eigenvalue weighted by atomic mass is 10.1. The molecule has 5 heteroatoms. The molecule has 0 bridgehead atoms. The Morgan fingerprint density at radius 3 is 3.17 bits per heavy atom. The number of carbonyl (C=O) groups is 1. The number of nitrogens with zero attached hydrogens (tertiary/aromatic N) is 2. The Bertz CT molecular complexity index is 416. The minimum absolute atomic E-state index is 0.0587. The summed E-state index contributed by atoms with van der Waals surface area (Å²) >= 11 is 0. The van der Waals surface area contributed by atoms with Gasteiger partial charge in [0.1, 0.15) is 0 Å². The Labute approximate surface area is 107 Å². The van der Waals surface area contributed by atoms with Gasteiger partial charge in [-0.1, -0.05) is 0 Å². The number of hydrogen-bond acceptors (Lipinski definition) is 4. The zero-order valence-electron chi connectivity index (χ0n) is 10.6. The zero-order valence-corrected chi connectivity index (χ0v) is 10.6. The number of rotatable bonds is 4. The predicted octanol–water partition coefficient (Wildman–Crippen LogP) is 1.59. The average molecular weight is 249 g/mol. The maximum absolute atomic E-state index is 12.0. The molecule has 0 aromatic carbocycles. The van der Waals surface area contributed by atoms with Crippen LogP contribution in [0.15, 0.2) is 18.5 Å². The van der Waals surface area contributed by atoms with Crippen molar-refractivity contribution in [2.24, 2.45) is 0 Å². The van der Waals surface area contributed by atoms with E-state index in [1.54, 1.807) is 30.4 Å². The lowest BCUT2D eigenvalue weighted by molar-refractivity contribution is -0.118. The van der Waals surface area contributed by atoms with Gasteiger partial charge in [0.25, 0.3) is 0 Å². The molecule has 0 saturated carbocycles. The monoisotopic (exact) mass is 249 g/mol. The summed E-state index contributed by atoms with van der Waals surface area (Å²) < 4.78 is 5.51. The number of pyridine rings is 1. The van der Waals surface area contributed by atoms with Gasteiger partial charge in [-0.05, 0) is 25.3 Å². The van der Waals surface area contributed by atoms with E-state index in [-0.39, 0.29) is 12.0 Å². The number of nitrogen functional groups attached to an aromatic ring is 1. The molecule has 1 aliphatic rings. The number of amides is 1. The van der Waals surface area contributed by atoms with Gasteiger partial charge < -0.3 is 15.4 Å². The third kappa shape index (κ3) is 2.98. The molecule has 98 valence electrons. The standard InChI is InChI=1S/C13H19N3O2/c1-16(12-6-7-15-9-11(12)14)13(17)5-4-10-3-2-8-18-10/h6-7,9-10H,2-5,8,14H2,1H3. The lowest BCUT2D eigenvalue weighted by Crippen LogP contribution is -2.27. The van der Waals surface area contributed by atoms with Crippen molar-refractivity contribution in [1.29, 1.82) is 0 Å². The minimum atomic E-state index is 0.0587. The van der Waals surface area contributed by atoms with E-state index in [0.717, 1.165) is 25.9 Å². The van der Waals surface area contributed by atoms with Crippen molar-refractivity contribution in [2.75, 3.05) is 24.3 Å². The number of carbonyl (C=O) groups excluding carboxylic acids is 1. The van der Waals surface area contributed by atoms with Gasteiger partial charge in [0, 0.05) is 26.3 Å². The molecule has 2 N–H and O–H groups in total. The molecular weight excluding hydrogens is 230 g/mol. The van der Waals surface area contributed by atoms with Crippen molar-refractivity contribution in [3.63, 3.8) is 0 Å². The smallest absolute Gasteiger partial charge is 0.226 e. The van der Waals surface area contributed by atoms with Gasteiger partial charge in [0.15, 0.2) is 0 Å². The number of aromatic nitrogens is 1. The van der Waals surface area contributed by atoms with Crippen LogP contribution in [0, 0.1) is 0 Å². The predicted molar refractivity (Wildman–Crippen MR) is 70.3 cm³/mol. The fourth-order valence-corrected chi connectivity index (χ4v) is 2.16. The summed E-state index contributed by atoms with van der Waals surface area (Å²) in [5.41, 5.74) is 7.03. The Hall–Kier alpha value is -1.62. The first-order chi connectivity index (χ1) is 8.68. The Balaban J connectivity index is 1.90. The van der Waals surface area contributed by atoms with E-state index in [1.807, 2.05) is 0 Å². The molecule has 1 fully saturated rings. The maximum Gasteiger partial charge on any atom is 0.226 e. The van der Waals surface area contributed by atoms with Crippen LogP contribution in [0.25, 0.3) is 0 Å². The first-order valence-corrected chi connectivity index (χ1v) is 6.26. The van der Waals surface area contributed by atoms with Gasteiger partial charge in [-0.2, -0.15) is 0 Å². The van der Waals surface area contributed by atoms with E-state index < -0.39 is 0 Å². The summed E-state index contributed by atoms with van der Waals surface area (Å²) in [7, 11) is 1.74. The summed E-state index contributed by atoms with van der Waals surface area (Å²) in [4.78, 5) is 17.5. The molecule has 1 aromatic heterocycles. The highest BCUT2D eigenvalue weighted by Crippen LogP contribution is 2.22. The first-order valence-electron chi connectivity index (χ1n) is 6.26. The summed E-state index contributed by atoms with van der Waals surface area (Å²) in [6, 6.07) is 1.75. The number of ether oxygens (including phenoxy) is 1. The van der Waals surface area contributed by atoms with Crippen molar-refractivity contribution in [3.8, 4) is 0 Å².